The number of carbonyl (C=O) groups excluding carboxylic acids is 1. The molecular formula is C19H15BrFN5O2. The molecule has 2 aromatic rings. The summed E-state index contributed by atoms with van der Waals surface area (Å²) in [6.45, 7) is 1.06. The first-order valence-corrected chi connectivity index (χ1v) is 9.23. The van der Waals surface area contributed by atoms with Crippen LogP contribution in [0.5, 0.6) is 0 Å². The summed E-state index contributed by atoms with van der Waals surface area (Å²) < 4.78 is 19.7. The highest BCUT2D eigenvalue weighted by Gasteiger charge is 2.26. The Bertz CT molecular complexity index is 1010. The molecular weight excluding hydrogens is 429 g/mol. The average molecular weight is 444 g/mol. The average Bonchev–Trinajstić information content (AvgIpc) is 2.68. The second-order valence-electron chi connectivity index (χ2n) is 6.22. The van der Waals surface area contributed by atoms with Crippen LogP contribution in [0.4, 0.5) is 15.0 Å². The lowest BCUT2D eigenvalue weighted by atomic mass is 9.99. The summed E-state index contributed by atoms with van der Waals surface area (Å²) in [6.07, 6.45) is 1.62. The van der Waals surface area contributed by atoms with E-state index in [0.717, 1.165) is 0 Å². The van der Waals surface area contributed by atoms with E-state index in [1.165, 1.54) is 12.1 Å². The van der Waals surface area contributed by atoms with Crippen LogP contribution in [0.25, 0.3) is 11.1 Å². The van der Waals surface area contributed by atoms with E-state index in [9.17, 15) is 14.4 Å². The topological polar surface area (TPSA) is 116 Å². The molecule has 0 atom stereocenters. The Morgan fingerprint density at radius 1 is 1.32 bits per heavy atom. The number of piperidine rings is 1. The van der Waals surface area contributed by atoms with Crippen LogP contribution in [0.15, 0.2) is 28.9 Å². The van der Waals surface area contributed by atoms with Crippen LogP contribution in [0, 0.1) is 28.5 Å². The normalized spacial score (nSPS) is 14.2. The summed E-state index contributed by atoms with van der Waals surface area (Å²) in [6, 6.07) is 8.15. The number of nitrogens with zero attached hydrogens (tertiary/aromatic N) is 4. The van der Waals surface area contributed by atoms with Gasteiger partial charge in [-0.2, -0.15) is 10.5 Å². The summed E-state index contributed by atoms with van der Waals surface area (Å²) in [5, 5.41) is 18.7. The fraction of sp³-hybridized carbons (Fsp3) is 0.263. The van der Waals surface area contributed by atoms with E-state index in [2.05, 4.69) is 27.0 Å². The van der Waals surface area contributed by atoms with Gasteiger partial charge in [0.05, 0.1) is 5.56 Å². The van der Waals surface area contributed by atoms with Gasteiger partial charge in [-0.05, 0) is 33.6 Å². The third kappa shape index (κ3) is 3.90. The number of aromatic nitrogens is 1. The van der Waals surface area contributed by atoms with Crippen LogP contribution in [0.1, 0.15) is 24.0 Å². The Labute approximate surface area is 169 Å². The van der Waals surface area contributed by atoms with Crippen molar-refractivity contribution in [2.45, 2.75) is 18.9 Å². The number of anilines is 1. The molecule has 1 aliphatic rings. The Morgan fingerprint density at radius 2 is 2.04 bits per heavy atom. The quantitative estimate of drug-likeness (QED) is 0.775. The van der Waals surface area contributed by atoms with E-state index in [-0.39, 0.29) is 11.7 Å². The maximum Gasteiger partial charge on any atom is 0.404 e. The van der Waals surface area contributed by atoms with Crippen LogP contribution < -0.4 is 10.6 Å². The molecule has 1 amide bonds. The zero-order valence-corrected chi connectivity index (χ0v) is 16.2. The number of hydrogen-bond donors (Lipinski definition) is 1. The second kappa shape index (κ2) is 8.24. The number of nitriles is 2. The van der Waals surface area contributed by atoms with Crippen LogP contribution >= 0.6 is 15.9 Å². The maximum atomic E-state index is 14.1. The summed E-state index contributed by atoms with van der Waals surface area (Å²) in [5.74, 6) is -0.179. The van der Waals surface area contributed by atoms with Gasteiger partial charge in [0.25, 0.3) is 0 Å². The standard InChI is InChI=1S/C19H15BrFN5O2/c20-15-10-25-18(26-5-3-13(4-6-26)28-19(24)27)14(9-23)17(15)11-1-2-12(8-22)16(21)7-11/h1-2,7,10,13H,3-6H2,(H2,24,27). The van der Waals surface area contributed by atoms with Crippen molar-refractivity contribution in [1.29, 1.82) is 10.5 Å². The summed E-state index contributed by atoms with van der Waals surface area (Å²) in [4.78, 5) is 17.2. The number of halogens is 2. The van der Waals surface area contributed by atoms with Crippen molar-refractivity contribution < 1.29 is 13.9 Å². The summed E-state index contributed by atoms with van der Waals surface area (Å²) in [5.41, 5.74) is 6.27. The molecule has 0 unspecified atom stereocenters. The van der Waals surface area contributed by atoms with Crippen LogP contribution in [0.2, 0.25) is 0 Å². The van der Waals surface area contributed by atoms with Crippen LogP contribution in [-0.2, 0) is 4.74 Å². The van der Waals surface area contributed by atoms with Crippen molar-refractivity contribution in [2.75, 3.05) is 18.0 Å². The molecule has 142 valence electrons. The van der Waals surface area contributed by atoms with E-state index >= 15 is 0 Å². The number of benzene rings is 1. The summed E-state index contributed by atoms with van der Waals surface area (Å²) in [7, 11) is 0. The Hall–Kier alpha value is -3.17. The Morgan fingerprint density at radius 3 is 2.61 bits per heavy atom. The predicted molar refractivity (Wildman–Crippen MR) is 103 cm³/mol. The lowest BCUT2D eigenvalue weighted by Crippen LogP contribution is -2.39. The Balaban J connectivity index is 1.97. The lowest BCUT2D eigenvalue weighted by molar-refractivity contribution is 0.0911. The van der Waals surface area contributed by atoms with Crippen LogP contribution in [-0.4, -0.2) is 30.3 Å². The molecule has 1 fully saturated rings. The van der Waals surface area contributed by atoms with Gasteiger partial charge in [0, 0.05) is 42.2 Å². The van der Waals surface area contributed by atoms with Gasteiger partial charge in [0.15, 0.2) is 0 Å². The predicted octanol–water partition coefficient (Wildman–Crippen LogP) is 3.46. The van der Waals surface area contributed by atoms with Gasteiger partial charge in [-0.25, -0.2) is 14.2 Å². The van der Waals surface area contributed by atoms with Gasteiger partial charge in [-0.3, -0.25) is 0 Å². The van der Waals surface area contributed by atoms with Gasteiger partial charge < -0.3 is 15.4 Å². The highest BCUT2D eigenvalue weighted by atomic mass is 79.9. The molecule has 1 saturated heterocycles. The largest absolute Gasteiger partial charge is 0.446 e. The molecule has 3 rings (SSSR count). The minimum atomic E-state index is -0.803. The number of nitrogens with two attached hydrogens (primary N) is 1. The van der Waals surface area contributed by atoms with E-state index in [0.29, 0.717) is 52.9 Å². The number of amides is 1. The highest BCUT2D eigenvalue weighted by molar-refractivity contribution is 9.10. The molecule has 2 N–H and O–H groups in total. The molecule has 0 bridgehead atoms. The molecule has 1 aromatic carbocycles. The van der Waals surface area contributed by atoms with E-state index in [1.807, 2.05) is 4.90 Å². The monoisotopic (exact) mass is 443 g/mol. The van der Waals surface area contributed by atoms with Crippen molar-refractivity contribution >= 4 is 27.8 Å². The fourth-order valence-corrected chi connectivity index (χ4v) is 3.75. The zero-order valence-electron chi connectivity index (χ0n) is 14.7. The van der Waals surface area contributed by atoms with Crippen molar-refractivity contribution in [3.8, 4) is 23.3 Å². The number of primary amides is 1. The van der Waals surface area contributed by atoms with Gasteiger partial charge in [-0.1, -0.05) is 6.07 Å². The number of carbonyl (C=O) groups is 1. The first-order chi connectivity index (χ1) is 13.4. The van der Waals surface area contributed by atoms with Crippen molar-refractivity contribution in [3.63, 3.8) is 0 Å². The molecule has 9 heteroatoms. The molecule has 0 saturated carbocycles. The Kier molecular flexibility index (Phi) is 5.76. The van der Waals surface area contributed by atoms with Gasteiger partial charge in [0.2, 0.25) is 0 Å². The second-order valence-corrected chi connectivity index (χ2v) is 7.08. The summed E-state index contributed by atoms with van der Waals surface area (Å²) >= 11 is 3.39. The third-order valence-electron chi connectivity index (χ3n) is 4.53. The van der Waals surface area contributed by atoms with Crippen molar-refractivity contribution in [1.82, 2.24) is 4.98 Å². The highest BCUT2D eigenvalue weighted by Crippen LogP contribution is 2.37. The number of pyridine rings is 1. The zero-order chi connectivity index (χ0) is 20.3. The SMILES string of the molecule is N#Cc1ccc(-c2c(Br)cnc(N3CCC(OC(N)=O)CC3)c2C#N)cc1F. The van der Waals surface area contributed by atoms with Gasteiger partial charge in [-0.15, -0.1) is 0 Å². The smallest absolute Gasteiger partial charge is 0.404 e. The first-order valence-electron chi connectivity index (χ1n) is 8.44. The molecule has 1 aromatic heterocycles. The lowest BCUT2D eigenvalue weighted by Gasteiger charge is -2.33. The van der Waals surface area contributed by atoms with Crippen molar-refractivity contribution in [3.05, 3.63) is 45.8 Å². The van der Waals surface area contributed by atoms with Crippen molar-refractivity contribution in [2.24, 2.45) is 5.73 Å². The van der Waals surface area contributed by atoms with Crippen LogP contribution in [0.3, 0.4) is 0 Å². The van der Waals surface area contributed by atoms with E-state index in [4.69, 9.17) is 15.7 Å². The first kappa shape index (κ1) is 19.6. The fourth-order valence-electron chi connectivity index (χ4n) is 3.22. The molecule has 2 heterocycles. The molecule has 0 spiro atoms. The number of hydrogen-bond acceptors (Lipinski definition) is 6. The number of rotatable bonds is 3. The molecule has 0 aliphatic carbocycles. The van der Waals surface area contributed by atoms with E-state index < -0.39 is 11.9 Å². The van der Waals surface area contributed by atoms with Gasteiger partial charge >= 0.3 is 6.09 Å². The number of ether oxygens (including phenoxy) is 1. The third-order valence-corrected chi connectivity index (χ3v) is 5.13. The molecule has 7 nitrogen and oxygen atoms in total. The van der Waals surface area contributed by atoms with Gasteiger partial charge in [0.1, 0.15) is 35.4 Å². The molecule has 1 aliphatic heterocycles. The maximum absolute atomic E-state index is 14.1. The molecule has 0 radical (unpaired) electrons. The molecule has 28 heavy (non-hydrogen) atoms. The minimum Gasteiger partial charge on any atom is -0.446 e. The van der Waals surface area contributed by atoms with E-state index in [1.54, 1.807) is 18.3 Å². The minimum absolute atomic E-state index is 0.0656.